The van der Waals surface area contributed by atoms with Gasteiger partial charge in [-0.25, -0.2) is 13.1 Å². The highest BCUT2D eigenvalue weighted by atomic mass is 32.2. The molecule has 1 aromatic carbocycles. The summed E-state index contributed by atoms with van der Waals surface area (Å²) in [6.45, 7) is 4.37. The standard InChI is InChI=1S/C19H20N2O4S/c1-3-24-18-7-6-17(9-14(18)2)26(22,23)21-12-15-10-16(13-20-11-15)19-5-4-8-25-19/h4-11,13,21H,3,12H2,1-2H3. The number of furan rings is 1. The Balaban J connectivity index is 1.74. The number of sulfonamides is 1. The predicted octanol–water partition coefficient (Wildman–Crippen LogP) is 3.53. The molecule has 0 unspecified atom stereocenters. The number of hydrogen-bond donors (Lipinski definition) is 1. The molecule has 0 fully saturated rings. The molecule has 0 radical (unpaired) electrons. The molecular formula is C19H20N2O4S. The lowest BCUT2D eigenvalue weighted by Crippen LogP contribution is -2.23. The van der Waals surface area contributed by atoms with Crippen LogP contribution in [-0.4, -0.2) is 20.0 Å². The molecule has 7 heteroatoms. The van der Waals surface area contributed by atoms with Gasteiger partial charge in [0.2, 0.25) is 10.0 Å². The van der Waals surface area contributed by atoms with E-state index >= 15 is 0 Å². The Morgan fingerprint density at radius 2 is 2.04 bits per heavy atom. The molecule has 3 aromatic rings. The molecule has 2 aromatic heterocycles. The second-order valence-electron chi connectivity index (χ2n) is 5.74. The van der Waals surface area contributed by atoms with E-state index in [2.05, 4.69) is 9.71 Å². The van der Waals surface area contributed by atoms with Crippen LogP contribution in [-0.2, 0) is 16.6 Å². The Kier molecular flexibility index (Phi) is 5.39. The van der Waals surface area contributed by atoms with E-state index in [4.69, 9.17) is 9.15 Å². The van der Waals surface area contributed by atoms with Gasteiger partial charge in [0.25, 0.3) is 0 Å². The average Bonchev–Trinajstić information content (AvgIpc) is 3.17. The Labute approximate surface area is 152 Å². The van der Waals surface area contributed by atoms with Crippen LogP contribution in [0.25, 0.3) is 11.3 Å². The highest BCUT2D eigenvalue weighted by Gasteiger charge is 2.15. The minimum atomic E-state index is -3.64. The van der Waals surface area contributed by atoms with Gasteiger partial charge in [-0.05, 0) is 61.4 Å². The van der Waals surface area contributed by atoms with Gasteiger partial charge in [0, 0.05) is 24.5 Å². The number of nitrogens with one attached hydrogen (secondary N) is 1. The van der Waals surface area contributed by atoms with Crippen LogP contribution in [0.15, 0.2) is 64.4 Å². The van der Waals surface area contributed by atoms with Gasteiger partial charge in [-0.2, -0.15) is 0 Å². The van der Waals surface area contributed by atoms with Gasteiger partial charge in [-0.3, -0.25) is 4.98 Å². The minimum absolute atomic E-state index is 0.135. The van der Waals surface area contributed by atoms with Gasteiger partial charge in [-0.15, -0.1) is 0 Å². The Morgan fingerprint density at radius 1 is 1.19 bits per heavy atom. The molecule has 26 heavy (non-hydrogen) atoms. The predicted molar refractivity (Wildman–Crippen MR) is 98.3 cm³/mol. The number of benzene rings is 1. The molecule has 0 saturated heterocycles. The number of hydrogen-bond acceptors (Lipinski definition) is 5. The fraction of sp³-hybridized carbons (Fsp3) is 0.211. The van der Waals surface area contributed by atoms with Gasteiger partial charge in [0.05, 0.1) is 17.8 Å². The lowest BCUT2D eigenvalue weighted by Gasteiger charge is -2.11. The molecule has 2 heterocycles. The van der Waals surface area contributed by atoms with E-state index in [9.17, 15) is 8.42 Å². The van der Waals surface area contributed by atoms with Crippen LogP contribution in [0.2, 0.25) is 0 Å². The van der Waals surface area contributed by atoms with Gasteiger partial charge in [0.15, 0.2) is 0 Å². The topological polar surface area (TPSA) is 81.4 Å². The van der Waals surface area contributed by atoms with Crippen molar-refractivity contribution < 1.29 is 17.6 Å². The molecule has 0 atom stereocenters. The van der Waals surface area contributed by atoms with Crippen LogP contribution in [0.1, 0.15) is 18.1 Å². The fourth-order valence-corrected chi connectivity index (χ4v) is 3.63. The summed E-state index contributed by atoms with van der Waals surface area (Å²) < 4.78 is 38.5. The maximum absolute atomic E-state index is 12.5. The molecule has 0 aliphatic heterocycles. The zero-order valence-corrected chi connectivity index (χ0v) is 15.4. The van der Waals surface area contributed by atoms with Crippen molar-refractivity contribution in [2.24, 2.45) is 0 Å². The molecule has 6 nitrogen and oxygen atoms in total. The van der Waals surface area contributed by atoms with Crippen molar-refractivity contribution >= 4 is 10.0 Å². The normalized spacial score (nSPS) is 11.5. The van der Waals surface area contributed by atoms with Crippen LogP contribution >= 0.6 is 0 Å². The first-order chi connectivity index (χ1) is 12.5. The minimum Gasteiger partial charge on any atom is -0.494 e. The van der Waals surface area contributed by atoms with Crippen molar-refractivity contribution in [1.29, 1.82) is 0 Å². The Bertz CT molecular complexity index is 983. The lowest BCUT2D eigenvalue weighted by atomic mass is 10.2. The van der Waals surface area contributed by atoms with E-state index in [0.717, 1.165) is 16.7 Å². The van der Waals surface area contributed by atoms with Gasteiger partial charge >= 0.3 is 0 Å². The van der Waals surface area contributed by atoms with Crippen molar-refractivity contribution in [3.63, 3.8) is 0 Å². The SMILES string of the molecule is CCOc1ccc(S(=O)(=O)NCc2cncc(-c3ccco3)c2)cc1C. The summed E-state index contributed by atoms with van der Waals surface area (Å²) in [5, 5.41) is 0. The molecular weight excluding hydrogens is 352 g/mol. The molecule has 0 spiro atoms. The van der Waals surface area contributed by atoms with E-state index < -0.39 is 10.0 Å². The summed E-state index contributed by atoms with van der Waals surface area (Å²) >= 11 is 0. The molecule has 136 valence electrons. The molecule has 0 amide bonds. The zero-order valence-electron chi connectivity index (χ0n) is 14.6. The Morgan fingerprint density at radius 3 is 2.73 bits per heavy atom. The van der Waals surface area contributed by atoms with E-state index in [0.29, 0.717) is 18.1 Å². The third-order valence-electron chi connectivity index (χ3n) is 3.82. The summed E-state index contributed by atoms with van der Waals surface area (Å²) in [7, 11) is -3.64. The number of aromatic nitrogens is 1. The summed E-state index contributed by atoms with van der Waals surface area (Å²) in [5.74, 6) is 1.37. The average molecular weight is 372 g/mol. The van der Waals surface area contributed by atoms with Crippen LogP contribution in [0.3, 0.4) is 0 Å². The number of nitrogens with zero attached hydrogens (tertiary/aromatic N) is 1. The molecule has 3 rings (SSSR count). The zero-order chi connectivity index (χ0) is 18.6. The maximum Gasteiger partial charge on any atom is 0.240 e. The second kappa shape index (κ2) is 7.72. The smallest absolute Gasteiger partial charge is 0.240 e. The molecule has 0 aliphatic rings. The van der Waals surface area contributed by atoms with Crippen molar-refractivity contribution in [2.45, 2.75) is 25.3 Å². The maximum atomic E-state index is 12.5. The Hall–Kier alpha value is -2.64. The molecule has 1 N–H and O–H groups in total. The second-order valence-corrected chi connectivity index (χ2v) is 7.51. The van der Waals surface area contributed by atoms with E-state index in [-0.39, 0.29) is 11.4 Å². The van der Waals surface area contributed by atoms with Crippen molar-refractivity contribution in [1.82, 2.24) is 9.71 Å². The van der Waals surface area contributed by atoms with E-state index in [1.165, 1.54) is 6.07 Å². The van der Waals surface area contributed by atoms with Gasteiger partial charge < -0.3 is 9.15 Å². The highest BCUT2D eigenvalue weighted by molar-refractivity contribution is 7.89. The molecule has 0 saturated carbocycles. The number of ether oxygens (including phenoxy) is 1. The van der Waals surface area contributed by atoms with Gasteiger partial charge in [-0.1, -0.05) is 0 Å². The first-order valence-electron chi connectivity index (χ1n) is 8.20. The number of pyridine rings is 1. The lowest BCUT2D eigenvalue weighted by molar-refractivity contribution is 0.337. The van der Waals surface area contributed by atoms with Crippen LogP contribution < -0.4 is 9.46 Å². The first-order valence-corrected chi connectivity index (χ1v) is 9.69. The van der Waals surface area contributed by atoms with Crippen LogP contribution in [0, 0.1) is 6.92 Å². The monoisotopic (exact) mass is 372 g/mol. The summed E-state index contributed by atoms with van der Waals surface area (Å²) in [5.41, 5.74) is 2.31. The summed E-state index contributed by atoms with van der Waals surface area (Å²) in [4.78, 5) is 4.35. The highest BCUT2D eigenvalue weighted by Crippen LogP contribution is 2.22. The largest absolute Gasteiger partial charge is 0.494 e. The molecule has 0 aliphatic carbocycles. The quantitative estimate of drug-likeness (QED) is 0.686. The third-order valence-corrected chi connectivity index (χ3v) is 5.22. The van der Waals surface area contributed by atoms with Crippen molar-refractivity contribution in [2.75, 3.05) is 6.61 Å². The number of aryl methyl sites for hydroxylation is 1. The van der Waals surface area contributed by atoms with Crippen LogP contribution in [0.5, 0.6) is 5.75 Å². The number of rotatable bonds is 7. The van der Waals surface area contributed by atoms with E-state index in [1.807, 2.05) is 26.0 Å². The summed E-state index contributed by atoms with van der Waals surface area (Å²) in [6.07, 6.45) is 4.88. The first kappa shape index (κ1) is 18.2. The van der Waals surface area contributed by atoms with Crippen molar-refractivity contribution in [3.8, 4) is 17.1 Å². The third kappa shape index (κ3) is 4.12. The fourth-order valence-electron chi connectivity index (χ4n) is 2.53. The molecule has 0 bridgehead atoms. The van der Waals surface area contributed by atoms with Crippen molar-refractivity contribution in [3.05, 3.63) is 66.2 Å². The van der Waals surface area contributed by atoms with Crippen LogP contribution in [0.4, 0.5) is 0 Å². The van der Waals surface area contributed by atoms with Gasteiger partial charge in [0.1, 0.15) is 11.5 Å². The summed E-state index contributed by atoms with van der Waals surface area (Å²) in [6, 6.07) is 10.3. The van der Waals surface area contributed by atoms with E-state index in [1.54, 1.807) is 36.9 Å².